The third-order valence-corrected chi connectivity index (χ3v) is 9.43. The Morgan fingerprint density at radius 2 is 1.86 bits per heavy atom. The number of rotatable bonds is 2. The van der Waals surface area contributed by atoms with Crippen LogP contribution >= 0.6 is 0 Å². The summed E-state index contributed by atoms with van der Waals surface area (Å²) in [6, 6.07) is 0. The van der Waals surface area contributed by atoms with Gasteiger partial charge in [-0.3, -0.25) is 4.79 Å². The van der Waals surface area contributed by atoms with Gasteiger partial charge in [0.2, 0.25) is 5.79 Å². The second kappa shape index (κ2) is 5.59. The summed E-state index contributed by atoms with van der Waals surface area (Å²) >= 11 is 0. The van der Waals surface area contributed by atoms with Gasteiger partial charge in [0.25, 0.3) is 0 Å². The van der Waals surface area contributed by atoms with Crippen molar-refractivity contribution >= 4 is 5.78 Å². The van der Waals surface area contributed by atoms with E-state index in [0.29, 0.717) is 12.8 Å². The third kappa shape index (κ3) is 1.90. The molecule has 0 amide bonds. The molecule has 8 heteroatoms. The summed E-state index contributed by atoms with van der Waals surface area (Å²) in [5, 5.41) is 57.0. The molecule has 8 nitrogen and oxygen atoms in total. The van der Waals surface area contributed by atoms with Crippen molar-refractivity contribution in [3.8, 4) is 0 Å². The standard InChI is InChI=1S/C21H32O8/c1-17(2)5-4-12(23)18-8-29-21(27,15(24)14(17)18)19-7-10(6-11(22)13(18)19)20(26,9-28-3)16(19)25/h10-15,22-24,26-27H,4-9H2,1-3H3/t10-,11+,12+,13+,14-,15+,18+,19+,20+,21-/m1/s1. The molecule has 0 aromatic rings. The van der Waals surface area contributed by atoms with Crippen LogP contribution in [0.4, 0.5) is 0 Å². The molecule has 10 atom stereocenters. The van der Waals surface area contributed by atoms with Gasteiger partial charge in [-0.2, -0.15) is 0 Å². The average molecular weight is 412 g/mol. The van der Waals surface area contributed by atoms with Crippen LogP contribution in [0.2, 0.25) is 0 Å². The van der Waals surface area contributed by atoms with Gasteiger partial charge in [-0.15, -0.1) is 0 Å². The SMILES string of the molecule is COC[C@@]1(O)C(=O)[C@]23C[C@H]1C[C@H](O)[C@H]2[C@@]12CO[C@]3(O)[C@@H](O)[C@@H]1C(C)(C)CC[C@@H]2O. The molecule has 6 rings (SSSR count). The summed E-state index contributed by atoms with van der Waals surface area (Å²) < 4.78 is 11.0. The zero-order valence-electron chi connectivity index (χ0n) is 17.2. The third-order valence-electron chi connectivity index (χ3n) is 9.43. The minimum absolute atomic E-state index is 0.0417. The van der Waals surface area contributed by atoms with Crippen LogP contribution in [0.5, 0.6) is 0 Å². The molecule has 2 saturated heterocycles. The zero-order valence-corrected chi connectivity index (χ0v) is 17.2. The van der Waals surface area contributed by atoms with Crippen LogP contribution in [0.15, 0.2) is 0 Å². The van der Waals surface area contributed by atoms with Crippen molar-refractivity contribution in [3.05, 3.63) is 0 Å². The highest BCUT2D eigenvalue weighted by molar-refractivity contribution is 5.97. The van der Waals surface area contributed by atoms with E-state index in [-0.39, 0.29) is 26.1 Å². The number of hydrogen-bond donors (Lipinski definition) is 5. The van der Waals surface area contributed by atoms with Gasteiger partial charge in [0.15, 0.2) is 5.78 Å². The molecule has 0 radical (unpaired) electrons. The van der Waals surface area contributed by atoms with E-state index in [2.05, 4.69) is 0 Å². The lowest BCUT2D eigenvalue weighted by Crippen LogP contribution is -2.85. The summed E-state index contributed by atoms with van der Waals surface area (Å²) in [6.07, 6.45) is -1.97. The maximum atomic E-state index is 13.8. The number of ketones is 1. The summed E-state index contributed by atoms with van der Waals surface area (Å²) in [5.41, 5.74) is -5.07. The maximum absolute atomic E-state index is 13.8. The van der Waals surface area contributed by atoms with Crippen molar-refractivity contribution in [1.82, 2.24) is 0 Å². The molecule has 0 aromatic heterocycles. The topological polar surface area (TPSA) is 137 Å². The average Bonchev–Trinajstić information content (AvgIpc) is 2.81. The quantitative estimate of drug-likeness (QED) is 0.398. The highest BCUT2D eigenvalue weighted by Gasteiger charge is 2.88. The molecule has 29 heavy (non-hydrogen) atoms. The first-order chi connectivity index (χ1) is 13.4. The molecule has 0 unspecified atom stereocenters. The number of ether oxygens (including phenoxy) is 2. The van der Waals surface area contributed by atoms with E-state index in [0.717, 1.165) is 0 Å². The minimum atomic E-state index is -2.23. The van der Waals surface area contributed by atoms with E-state index in [1.54, 1.807) is 0 Å². The van der Waals surface area contributed by atoms with Gasteiger partial charge in [0.1, 0.15) is 11.7 Å². The largest absolute Gasteiger partial charge is 0.393 e. The summed E-state index contributed by atoms with van der Waals surface area (Å²) in [4.78, 5) is 13.8. The number of Topliss-reactive ketones (excluding diaryl/α,β-unsaturated/α-hetero) is 1. The van der Waals surface area contributed by atoms with Crippen LogP contribution in [-0.4, -0.2) is 81.3 Å². The molecule has 4 bridgehead atoms. The lowest BCUT2D eigenvalue weighted by molar-refractivity contribution is -0.455. The fourth-order valence-corrected chi connectivity index (χ4v) is 8.48. The molecule has 6 fully saturated rings. The van der Waals surface area contributed by atoms with Gasteiger partial charge in [-0.1, -0.05) is 13.8 Å². The van der Waals surface area contributed by atoms with Gasteiger partial charge >= 0.3 is 0 Å². The number of fused-ring (bicyclic) bond motifs is 2. The maximum Gasteiger partial charge on any atom is 0.205 e. The Hall–Kier alpha value is -0.610. The van der Waals surface area contributed by atoms with E-state index in [1.165, 1.54) is 7.11 Å². The van der Waals surface area contributed by atoms with Gasteiger partial charge < -0.3 is 35.0 Å². The Kier molecular flexibility index (Phi) is 3.92. The molecule has 5 N–H and O–H groups in total. The lowest BCUT2D eigenvalue weighted by Gasteiger charge is -2.74. The number of carbonyl (C=O) groups is 1. The van der Waals surface area contributed by atoms with Crippen LogP contribution in [0.3, 0.4) is 0 Å². The highest BCUT2D eigenvalue weighted by atomic mass is 16.6. The van der Waals surface area contributed by atoms with Gasteiger partial charge in [0.05, 0.1) is 30.8 Å². The normalized spacial score (nSPS) is 60.1. The Labute approximate surface area is 169 Å². The number of carbonyl (C=O) groups excluding carboxylic acids is 1. The Bertz CT molecular complexity index is 755. The molecule has 4 aliphatic carbocycles. The minimum Gasteiger partial charge on any atom is -0.393 e. The van der Waals surface area contributed by atoms with Crippen LogP contribution in [0, 0.1) is 34.0 Å². The molecule has 2 heterocycles. The lowest BCUT2D eigenvalue weighted by atomic mass is 9.35. The van der Waals surface area contributed by atoms with Crippen molar-refractivity contribution < 1.29 is 39.8 Å². The van der Waals surface area contributed by atoms with E-state index < -0.39 is 69.5 Å². The summed E-state index contributed by atoms with van der Waals surface area (Å²) in [5.74, 6) is -4.86. The molecular weight excluding hydrogens is 380 g/mol. The smallest absolute Gasteiger partial charge is 0.205 e. The fraction of sp³-hybridized carbons (Fsp3) is 0.952. The van der Waals surface area contributed by atoms with Crippen molar-refractivity contribution in [2.45, 2.75) is 69.2 Å². The van der Waals surface area contributed by atoms with E-state index in [9.17, 15) is 30.3 Å². The van der Waals surface area contributed by atoms with E-state index in [4.69, 9.17) is 9.47 Å². The van der Waals surface area contributed by atoms with Crippen LogP contribution < -0.4 is 0 Å². The van der Waals surface area contributed by atoms with Gasteiger partial charge in [0, 0.05) is 30.3 Å². The number of hydrogen-bond acceptors (Lipinski definition) is 8. The van der Waals surface area contributed by atoms with Crippen LogP contribution in [0.1, 0.15) is 39.5 Å². The van der Waals surface area contributed by atoms with Crippen molar-refractivity contribution in [1.29, 1.82) is 0 Å². The van der Waals surface area contributed by atoms with E-state index >= 15 is 0 Å². The van der Waals surface area contributed by atoms with Crippen molar-refractivity contribution in [3.63, 3.8) is 0 Å². The van der Waals surface area contributed by atoms with Crippen LogP contribution in [0.25, 0.3) is 0 Å². The zero-order chi connectivity index (χ0) is 21.2. The molecular formula is C21H32O8. The fourth-order valence-electron chi connectivity index (χ4n) is 8.48. The van der Waals surface area contributed by atoms with E-state index in [1.807, 2.05) is 13.8 Å². The first kappa shape index (κ1) is 20.3. The van der Waals surface area contributed by atoms with Gasteiger partial charge in [-0.25, -0.2) is 0 Å². The highest BCUT2D eigenvalue weighted by Crippen LogP contribution is 2.76. The molecule has 0 aromatic carbocycles. The van der Waals surface area contributed by atoms with Crippen LogP contribution in [-0.2, 0) is 14.3 Å². The first-order valence-corrected chi connectivity index (χ1v) is 10.6. The molecule has 164 valence electrons. The predicted octanol–water partition coefficient (Wildman–Crippen LogP) is -0.803. The molecule has 6 aliphatic rings. The van der Waals surface area contributed by atoms with Gasteiger partial charge in [-0.05, 0) is 31.1 Å². The first-order valence-electron chi connectivity index (χ1n) is 10.6. The number of methoxy groups -OCH3 is 1. The second-order valence-corrected chi connectivity index (χ2v) is 10.9. The molecule has 4 saturated carbocycles. The summed E-state index contributed by atoms with van der Waals surface area (Å²) in [6.45, 7) is 3.68. The second-order valence-electron chi connectivity index (χ2n) is 10.9. The van der Waals surface area contributed by atoms with Crippen molar-refractivity contribution in [2.24, 2.45) is 34.0 Å². The molecule has 2 aliphatic heterocycles. The Balaban J connectivity index is 1.77. The number of aliphatic hydroxyl groups excluding tert-OH is 3. The summed E-state index contributed by atoms with van der Waals surface area (Å²) in [7, 11) is 1.38. The van der Waals surface area contributed by atoms with Crippen molar-refractivity contribution in [2.75, 3.05) is 20.3 Å². The Morgan fingerprint density at radius 3 is 2.52 bits per heavy atom. The Morgan fingerprint density at radius 1 is 1.17 bits per heavy atom. The molecule has 2 spiro atoms. The predicted molar refractivity (Wildman–Crippen MR) is 98.3 cm³/mol. The number of aliphatic hydroxyl groups is 5. The monoisotopic (exact) mass is 412 g/mol.